The number of H-pyrrole nitrogens is 1. The second kappa shape index (κ2) is 8.54. The van der Waals surface area contributed by atoms with Crippen molar-refractivity contribution in [2.45, 2.75) is 24.8 Å². The summed E-state index contributed by atoms with van der Waals surface area (Å²) in [5, 5.41) is 12.1. The lowest BCUT2D eigenvalue weighted by molar-refractivity contribution is 0.877. The van der Waals surface area contributed by atoms with E-state index in [1.807, 2.05) is 40.3 Å². The molecule has 0 aliphatic heterocycles. The van der Waals surface area contributed by atoms with Gasteiger partial charge in [-0.1, -0.05) is 47.6 Å². The van der Waals surface area contributed by atoms with Gasteiger partial charge in [0, 0.05) is 5.56 Å². The number of fused-ring (bicyclic) bond motifs is 1. The molecule has 5 aromatic rings. The molecular weight excluding hydrogens is 462 g/mol. The smallest absolute Gasteiger partial charge is 0.268 e. The monoisotopic (exact) mass is 479 g/mol. The highest BCUT2D eigenvalue weighted by molar-refractivity contribution is 7.98. The Morgan fingerprint density at radius 2 is 1.97 bits per heavy atom. The third-order valence-corrected chi connectivity index (χ3v) is 7.23. The minimum Gasteiger partial charge on any atom is -0.309 e. The molecule has 0 fully saturated rings. The second-order valence-corrected chi connectivity index (χ2v) is 9.61. The van der Waals surface area contributed by atoms with Crippen molar-refractivity contribution >= 4 is 44.9 Å². The average Bonchev–Trinajstić information content (AvgIpc) is 3.42. The Hall–Kier alpha value is -2.94. The van der Waals surface area contributed by atoms with Crippen LogP contribution in [0.5, 0.6) is 0 Å². The zero-order valence-electron chi connectivity index (χ0n) is 17.3. The SMILES string of the molecule is Cc1ccc(C)c(-n2c(SCc3nc4ccsc4c(=O)[nH]3)nnc2-c2ccccc2Cl)c1. The third kappa shape index (κ3) is 3.85. The first-order chi connectivity index (χ1) is 15.5. The van der Waals surface area contributed by atoms with E-state index in [0.29, 0.717) is 37.8 Å². The van der Waals surface area contributed by atoms with Crippen LogP contribution in [0.3, 0.4) is 0 Å². The van der Waals surface area contributed by atoms with Crippen molar-refractivity contribution in [3.8, 4) is 17.1 Å². The van der Waals surface area contributed by atoms with E-state index in [0.717, 1.165) is 22.4 Å². The van der Waals surface area contributed by atoms with Gasteiger partial charge in [-0.3, -0.25) is 9.36 Å². The number of thiophene rings is 1. The van der Waals surface area contributed by atoms with Gasteiger partial charge in [-0.25, -0.2) is 4.98 Å². The first-order valence-electron chi connectivity index (χ1n) is 9.88. The average molecular weight is 480 g/mol. The molecule has 3 heterocycles. The van der Waals surface area contributed by atoms with Gasteiger partial charge in [-0.2, -0.15) is 0 Å². The molecule has 0 aliphatic rings. The number of nitrogens with zero attached hydrogens (tertiary/aromatic N) is 4. The molecule has 0 spiro atoms. The van der Waals surface area contributed by atoms with Crippen molar-refractivity contribution in [1.29, 1.82) is 0 Å². The van der Waals surface area contributed by atoms with Crippen LogP contribution in [0, 0.1) is 13.8 Å². The lowest BCUT2D eigenvalue weighted by atomic mass is 10.1. The topological polar surface area (TPSA) is 76.5 Å². The number of hydrogen-bond donors (Lipinski definition) is 1. The summed E-state index contributed by atoms with van der Waals surface area (Å²) in [6.07, 6.45) is 0. The molecule has 0 radical (unpaired) electrons. The largest absolute Gasteiger partial charge is 0.309 e. The predicted octanol–water partition coefficient (Wildman–Crippen LogP) is 5.79. The van der Waals surface area contributed by atoms with Crippen molar-refractivity contribution in [2.75, 3.05) is 0 Å². The molecule has 32 heavy (non-hydrogen) atoms. The van der Waals surface area contributed by atoms with Crippen molar-refractivity contribution < 1.29 is 0 Å². The van der Waals surface area contributed by atoms with Gasteiger partial charge < -0.3 is 4.98 Å². The first kappa shape index (κ1) is 20.9. The Balaban J connectivity index is 1.59. The number of aryl methyl sites for hydroxylation is 2. The molecule has 0 atom stereocenters. The van der Waals surface area contributed by atoms with Crippen LogP contribution in [0.2, 0.25) is 5.02 Å². The fourth-order valence-corrected chi connectivity index (χ4v) is 5.24. The zero-order chi connectivity index (χ0) is 22.2. The van der Waals surface area contributed by atoms with Gasteiger partial charge >= 0.3 is 0 Å². The second-order valence-electron chi connectivity index (χ2n) is 7.35. The van der Waals surface area contributed by atoms with E-state index in [1.54, 1.807) is 0 Å². The van der Waals surface area contributed by atoms with Gasteiger partial charge in [-0.15, -0.1) is 21.5 Å². The Morgan fingerprint density at radius 1 is 1.12 bits per heavy atom. The van der Waals surface area contributed by atoms with Crippen molar-refractivity contribution in [3.05, 3.63) is 86.2 Å². The minimum atomic E-state index is -0.117. The summed E-state index contributed by atoms with van der Waals surface area (Å²) in [7, 11) is 0. The highest BCUT2D eigenvalue weighted by Crippen LogP contribution is 2.34. The number of aromatic amines is 1. The van der Waals surface area contributed by atoms with Gasteiger partial charge in [-0.05, 0) is 54.6 Å². The number of nitrogens with one attached hydrogen (secondary N) is 1. The Labute approximate surface area is 197 Å². The number of benzene rings is 2. The van der Waals surface area contributed by atoms with Crippen molar-refractivity contribution in [1.82, 2.24) is 24.7 Å². The lowest BCUT2D eigenvalue weighted by Crippen LogP contribution is -2.10. The van der Waals surface area contributed by atoms with E-state index in [9.17, 15) is 4.79 Å². The molecule has 0 saturated carbocycles. The summed E-state index contributed by atoms with van der Waals surface area (Å²) in [6, 6.07) is 15.7. The maximum absolute atomic E-state index is 12.3. The van der Waals surface area contributed by atoms with E-state index in [2.05, 4.69) is 52.2 Å². The van der Waals surface area contributed by atoms with Crippen LogP contribution >= 0.6 is 34.7 Å². The Bertz CT molecular complexity index is 1500. The molecule has 2 aromatic carbocycles. The summed E-state index contributed by atoms with van der Waals surface area (Å²) < 4.78 is 2.66. The lowest BCUT2D eigenvalue weighted by Gasteiger charge is -2.14. The number of aromatic nitrogens is 5. The fourth-order valence-electron chi connectivity index (χ4n) is 3.48. The first-order valence-corrected chi connectivity index (χ1v) is 12.1. The molecule has 0 aliphatic carbocycles. The van der Waals surface area contributed by atoms with Crippen LogP contribution in [0.15, 0.2) is 63.9 Å². The van der Waals surface area contributed by atoms with Gasteiger partial charge in [0.05, 0.1) is 22.0 Å². The molecule has 1 N–H and O–H groups in total. The molecular formula is C23H18ClN5OS2. The van der Waals surface area contributed by atoms with E-state index in [1.165, 1.54) is 23.1 Å². The summed E-state index contributed by atoms with van der Waals surface area (Å²) in [5.74, 6) is 1.72. The zero-order valence-corrected chi connectivity index (χ0v) is 19.7. The molecule has 0 amide bonds. The number of hydrogen-bond acceptors (Lipinski definition) is 6. The van der Waals surface area contributed by atoms with Crippen LogP contribution in [0.4, 0.5) is 0 Å². The molecule has 0 saturated heterocycles. The van der Waals surface area contributed by atoms with Crippen molar-refractivity contribution in [3.63, 3.8) is 0 Å². The van der Waals surface area contributed by atoms with Gasteiger partial charge in [0.25, 0.3) is 5.56 Å². The van der Waals surface area contributed by atoms with E-state index in [-0.39, 0.29) is 5.56 Å². The molecule has 6 nitrogen and oxygen atoms in total. The van der Waals surface area contributed by atoms with Crippen LogP contribution in [-0.4, -0.2) is 24.7 Å². The van der Waals surface area contributed by atoms with E-state index < -0.39 is 0 Å². The number of halogens is 1. The molecule has 160 valence electrons. The van der Waals surface area contributed by atoms with Crippen LogP contribution in [-0.2, 0) is 5.75 Å². The normalized spacial score (nSPS) is 11.3. The molecule has 3 aromatic heterocycles. The maximum atomic E-state index is 12.3. The predicted molar refractivity (Wildman–Crippen MR) is 131 cm³/mol. The van der Waals surface area contributed by atoms with Crippen LogP contribution in [0.1, 0.15) is 17.0 Å². The third-order valence-electron chi connectivity index (χ3n) is 5.06. The minimum absolute atomic E-state index is 0.117. The van der Waals surface area contributed by atoms with Crippen LogP contribution < -0.4 is 5.56 Å². The number of rotatable bonds is 5. The number of thioether (sulfide) groups is 1. The molecule has 5 rings (SSSR count). The van der Waals surface area contributed by atoms with Gasteiger partial charge in [0.2, 0.25) is 0 Å². The van der Waals surface area contributed by atoms with E-state index in [4.69, 9.17) is 11.6 Å². The van der Waals surface area contributed by atoms with E-state index >= 15 is 0 Å². The highest BCUT2D eigenvalue weighted by Gasteiger charge is 2.20. The van der Waals surface area contributed by atoms with Crippen LogP contribution in [0.25, 0.3) is 27.3 Å². The highest BCUT2D eigenvalue weighted by atomic mass is 35.5. The van der Waals surface area contributed by atoms with Gasteiger partial charge in [0.15, 0.2) is 11.0 Å². The summed E-state index contributed by atoms with van der Waals surface area (Å²) in [5.41, 5.74) is 4.62. The van der Waals surface area contributed by atoms with Crippen molar-refractivity contribution in [2.24, 2.45) is 0 Å². The summed E-state index contributed by atoms with van der Waals surface area (Å²) in [4.78, 5) is 19.8. The Morgan fingerprint density at radius 3 is 2.81 bits per heavy atom. The van der Waals surface area contributed by atoms with Gasteiger partial charge in [0.1, 0.15) is 10.5 Å². The Kier molecular flexibility index (Phi) is 5.58. The molecule has 0 unspecified atom stereocenters. The summed E-state index contributed by atoms with van der Waals surface area (Å²) >= 11 is 9.35. The maximum Gasteiger partial charge on any atom is 0.268 e. The standard InChI is InChI=1S/C23H18ClN5OS2/c1-13-7-8-14(2)18(11-13)29-21(15-5-3-4-6-16(15)24)27-28-23(29)32-12-19-25-17-9-10-31-20(17)22(30)26-19/h3-11H,12H2,1-2H3,(H,25,26,30). The quantitative estimate of drug-likeness (QED) is 0.322. The molecule has 0 bridgehead atoms. The molecule has 9 heteroatoms. The fraction of sp³-hybridized carbons (Fsp3) is 0.130. The summed E-state index contributed by atoms with van der Waals surface area (Å²) in [6.45, 7) is 4.11.